The van der Waals surface area contributed by atoms with Gasteiger partial charge in [0.25, 0.3) is 0 Å². The number of rotatable bonds is 8. The maximum Gasteiger partial charge on any atom is 0.331 e. The molecule has 1 saturated carbocycles. The molecule has 4 heterocycles. The number of amides is 3. The number of likely N-dealkylation sites (N-methyl/N-ethyl adjacent to an activating group) is 1. The fraction of sp³-hybridized carbons (Fsp3) is 0.409. The standard InChI is InChI=1S/C22H24N6O4S/c1-26-18(29)10-28(22(26)30)17-6-14(13-4-5-13)8-27-9-16(24-19(17)27)12-32-20-15(11-31-2)7-23-21(25-20)33-3/h6-9,13H,4-5,10-12H2,1-3H3. The van der Waals surface area contributed by atoms with E-state index in [2.05, 4.69) is 9.97 Å². The monoisotopic (exact) mass is 468 g/mol. The summed E-state index contributed by atoms with van der Waals surface area (Å²) in [4.78, 5) is 40.9. The highest BCUT2D eigenvalue weighted by molar-refractivity contribution is 7.98. The normalized spacial score (nSPS) is 16.3. The van der Waals surface area contributed by atoms with Crippen molar-refractivity contribution in [2.45, 2.75) is 37.1 Å². The SMILES string of the molecule is COCc1cnc(SC)nc1OCc1cn2cc(C3CC3)cc(N3CC(=O)N(C)C3=O)c2n1. The molecule has 1 saturated heterocycles. The first-order chi connectivity index (χ1) is 16.0. The third kappa shape index (κ3) is 4.13. The molecule has 3 aromatic heterocycles. The zero-order valence-corrected chi connectivity index (χ0v) is 19.5. The van der Waals surface area contributed by atoms with Gasteiger partial charge in [0.2, 0.25) is 11.8 Å². The first-order valence-electron chi connectivity index (χ1n) is 10.6. The molecule has 0 N–H and O–H groups in total. The quantitative estimate of drug-likeness (QED) is 0.283. The number of nitrogens with zero attached hydrogens (tertiary/aromatic N) is 6. The third-order valence-electron chi connectivity index (χ3n) is 5.77. The lowest BCUT2D eigenvalue weighted by Crippen LogP contribution is -2.30. The third-order valence-corrected chi connectivity index (χ3v) is 6.33. The van der Waals surface area contributed by atoms with Gasteiger partial charge >= 0.3 is 6.03 Å². The highest BCUT2D eigenvalue weighted by Crippen LogP contribution is 2.42. The van der Waals surface area contributed by atoms with Crippen molar-refractivity contribution in [3.8, 4) is 5.88 Å². The maximum absolute atomic E-state index is 12.7. The van der Waals surface area contributed by atoms with Crippen molar-refractivity contribution in [1.29, 1.82) is 0 Å². The summed E-state index contributed by atoms with van der Waals surface area (Å²) in [5.41, 5.74) is 3.82. The van der Waals surface area contributed by atoms with Crippen LogP contribution < -0.4 is 9.64 Å². The zero-order valence-electron chi connectivity index (χ0n) is 18.6. The van der Waals surface area contributed by atoms with E-state index >= 15 is 0 Å². The summed E-state index contributed by atoms with van der Waals surface area (Å²) < 4.78 is 13.1. The fourth-order valence-corrected chi connectivity index (χ4v) is 4.17. The van der Waals surface area contributed by atoms with Crippen molar-refractivity contribution < 1.29 is 19.1 Å². The molecule has 0 bridgehead atoms. The van der Waals surface area contributed by atoms with Crippen molar-refractivity contribution in [3.05, 3.63) is 41.5 Å². The first-order valence-corrected chi connectivity index (χ1v) is 11.8. The Morgan fingerprint density at radius 1 is 1.18 bits per heavy atom. The van der Waals surface area contributed by atoms with Gasteiger partial charge in [-0.05, 0) is 36.6 Å². The van der Waals surface area contributed by atoms with Crippen molar-refractivity contribution in [2.24, 2.45) is 0 Å². The van der Waals surface area contributed by atoms with Gasteiger partial charge in [0.05, 0.1) is 23.6 Å². The number of carbonyl (C=O) groups is 2. The number of hydrogen-bond acceptors (Lipinski definition) is 8. The molecule has 0 spiro atoms. The molecule has 5 rings (SSSR count). The predicted molar refractivity (Wildman–Crippen MR) is 122 cm³/mol. The summed E-state index contributed by atoms with van der Waals surface area (Å²) in [7, 11) is 3.11. The van der Waals surface area contributed by atoms with Crippen LogP contribution in [0.25, 0.3) is 5.65 Å². The van der Waals surface area contributed by atoms with Crippen LogP contribution in [0.4, 0.5) is 10.5 Å². The number of thioether (sulfide) groups is 1. The Morgan fingerprint density at radius 2 is 2.00 bits per heavy atom. The number of fused-ring (bicyclic) bond motifs is 1. The van der Waals surface area contributed by atoms with Crippen molar-refractivity contribution >= 4 is 35.0 Å². The van der Waals surface area contributed by atoms with E-state index in [1.165, 1.54) is 23.7 Å². The number of imide groups is 1. The average Bonchev–Trinajstić information content (AvgIpc) is 3.54. The summed E-state index contributed by atoms with van der Waals surface area (Å²) >= 11 is 1.43. The largest absolute Gasteiger partial charge is 0.471 e. The van der Waals surface area contributed by atoms with E-state index in [1.807, 2.05) is 29.1 Å². The lowest BCUT2D eigenvalue weighted by Gasteiger charge is -2.17. The first kappa shape index (κ1) is 21.7. The van der Waals surface area contributed by atoms with Gasteiger partial charge in [-0.15, -0.1) is 0 Å². The Labute approximate surface area is 194 Å². The molecule has 3 aromatic rings. The lowest BCUT2D eigenvalue weighted by atomic mass is 10.1. The van der Waals surface area contributed by atoms with Gasteiger partial charge in [0.15, 0.2) is 10.8 Å². The second-order valence-corrected chi connectivity index (χ2v) is 8.90. The van der Waals surface area contributed by atoms with Crippen LogP contribution in [0, 0.1) is 0 Å². The number of hydrogen-bond donors (Lipinski definition) is 0. The van der Waals surface area contributed by atoms with Gasteiger partial charge in [0.1, 0.15) is 13.2 Å². The van der Waals surface area contributed by atoms with Gasteiger partial charge in [-0.3, -0.25) is 14.6 Å². The summed E-state index contributed by atoms with van der Waals surface area (Å²) in [5, 5.41) is 0.609. The number of methoxy groups -OCH3 is 1. The number of pyridine rings is 1. The number of ether oxygens (including phenoxy) is 2. The molecule has 2 fully saturated rings. The van der Waals surface area contributed by atoms with Crippen molar-refractivity contribution in [2.75, 3.05) is 31.9 Å². The Kier molecular flexibility index (Phi) is 5.67. The van der Waals surface area contributed by atoms with E-state index in [-0.39, 0.29) is 25.1 Å². The lowest BCUT2D eigenvalue weighted by molar-refractivity contribution is -0.123. The number of carbonyl (C=O) groups excluding carboxylic acids is 2. The molecule has 11 heteroatoms. The molecule has 0 aromatic carbocycles. The summed E-state index contributed by atoms with van der Waals surface area (Å²) in [6.07, 6.45) is 9.79. The molecule has 0 radical (unpaired) electrons. The Morgan fingerprint density at radius 3 is 2.67 bits per heavy atom. The summed E-state index contributed by atoms with van der Waals surface area (Å²) in [6, 6.07) is 1.64. The van der Waals surface area contributed by atoms with Gasteiger partial charge < -0.3 is 13.9 Å². The van der Waals surface area contributed by atoms with Crippen LogP contribution >= 0.6 is 11.8 Å². The molecule has 1 aliphatic heterocycles. The van der Waals surface area contributed by atoms with Crippen LogP contribution in [0.1, 0.15) is 35.6 Å². The maximum atomic E-state index is 12.7. The van der Waals surface area contributed by atoms with E-state index < -0.39 is 0 Å². The van der Waals surface area contributed by atoms with E-state index in [0.29, 0.717) is 40.6 Å². The van der Waals surface area contributed by atoms with Crippen molar-refractivity contribution in [3.63, 3.8) is 0 Å². The molecule has 0 unspecified atom stereocenters. The van der Waals surface area contributed by atoms with Crippen LogP contribution in [0.5, 0.6) is 5.88 Å². The molecular formula is C22H24N6O4S. The van der Waals surface area contributed by atoms with E-state index in [4.69, 9.17) is 14.5 Å². The zero-order chi connectivity index (χ0) is 23.1. The molecule has 2 aliphatic rings. The number of urea groups is 1. The Bertz CT molecular complexity index is 1240. The van der Waals surface area contributed by atoms with E-state index in [0.717, 1.165) is 28.9 Å². The van der Waals surface area contributed by atoms with Crippen LogP contribution in [-0.2, 0) is 22.7 Å². The minimum Gasteiger partial charge on any atom is -0.471 e. The van der Waals surface area contributed by atoms with Crippen LogP contribution in [-0.4, -0.2) is 63.1 Å². The van der Waals surface area contributed by atoms with Gasteiger partial charge in [-0.2, -0.15) is 4.98 Å². The fourth-order valence-electron chi connectivity index (χ4n) is 3.84. The smallest absolute Gasteiger partial charge is 0.331 e. The molecule has 0 atom stereocenters. The minimum atomic E-state index is -0.342. The number of aromatic nitrogens is 4. The van der Waals surface area contributed by atoms with E-state index in [9.17, 15) is 9.59 Å². The van der Waals surface area contributed by atoms with Crippen molar-refractivity contribution in [1.82, 2.24) is 24.3 Å². The highest BCUT2D eigenvalue weighted by atomic mass is 32.2. The number of anilines is 1. The Balaban J connectivity index is 1.47. The summed E-state index contributed by atoms with van der Waals surface area (Å²) in [6.45, 7) is 0.535. The van der Waals surface area contributed by atoms with Gasteiger partial charge in [-0.1, -0.05) is 11.8 Å². The summed E-state index contributed by atoms with van der Waals surface area (Å²) in [5.74, 6) is 0.696. The second kappa shape index (κ2) is 8.64. The molecule has 33 heavy (non-hydrogen) atoms. The van der Waals surface area contributed by atoms with Gasteiger partial charge in [-0.25, -0.2) is 14.8 Å². The average molecular weight is 469 g/mol. The molecule has 1 aliphatic carbocycles. The van der Waals surface area contributed by atoms with Gasteiger partial charge in [0, 0.05) is 32.7 Å². The second-order valence-electron chi connectivity index (χ2n) is 8.13. The molecule has 3 amide bonds. The Hall–Kier alpha value is -3.18. The number of imidazole rings is 1. The minimum absolute atomic E-state index is 0.0105. The van der Waals surface area contributed by atoms with Crippen LogP contribution in [0.3, 0.4) is 0 Å². The topological polar surface area (TPSA) is 102 Å². The van der Waals surface area contributed by atoms with Crippen LogP contribution in [0.2, 0.25) is 0 Å². The molecule has 10 nitrogen and oxygen atoms in total. The van der Waals surface area contributed by atoms with Crippen LogP contribution in [0.15, 0.2) is 29.8 Å². The molecular weight excluding hydrogens is 444 g/mol. The highest BCUT2D eigenvalue weighted by Gasteiger charge is 2.36. The molecule has 172 valence electrons. The van der Waals surface area contributed by atoms with E-state index in [1.54, 1.807) is 13.3 Å². The predicted octanol–water partition coefficient (Wildman–Crippen LogP) is 2.85.